The van der Waals surface area contributed by atoms with E-state index in [2.05, 4.69) is 0 Å². The lowest BCUT2D eigenvalue weighted by atomic mass is 10.2. The van der Waals surface area contributed by atoms with Gasteiger partial charge in [-0.2, -0.15) is 0 Å². The monoisotopic (exact) mass is 454 g/mol. The Labute approximate surface area is 173 Å². The maximum atomic E-state index is 11.9. The summed E-state index contributed by atoms with van der Waals surface area (Å²) < 4.78 is 55.2. The molecule has 0 aliphatic heterocycles. The van der Waals surface area contributed by atoms with E-state index in [1.165, 1.54) is 48.5 Å². The lowest BCUT2D eigenvalue weighted by Crippen LogP contribution is -2.20. The van der Waals surface area contributed by atoms with Crippen molar-refractivity contribution in [1.82, 2.24) is 0 Å². The lowest BCUT2D eigenvalue weighted by molar-refractivity contribution is -0.125. The summed E-state index contributed by atoms with van der Waals surface area (Å²) >= 11 is 0. The average Bonchev–Trinajstić information content (AvgIpc) is 2.69. The average molecular weight is 454 g/mol. The normalized spacial score (nSPS) is 11.5. The van der Waals surface area contributed by atoms with Crippen LogP contribution in [0.2, 0.25) is 0 Å². The summed E-state index contributed by atoms with van der Waals surface area (Å²) in [5, 5.41) is 0. The zero-order chi connectivity index (χ0) is 22.5. The first-order chi connectivity index (χ1) is 13.9. The van der Waals surface area contributed by atoms with Gasteiger partial charge in [-0.3, -0.25) is 4.79 Å². The number of benzene rings is 2. The van der Waals surface area contributed by atoms with E-state index in [4.69, 9.17) is 9.47 Å². The molecule has 0 fully saturated rings. The zero-order valence-corrected chi connectivity index (χ0v) is 17.7. The van der Waals surface area contributed by atoms with E-state index in [0.717, 1.165) is 12.5 Å². The number of ether oxygens (including phenoxy) is 2. The van der Waals surface area contributed by atoms with Gasteiger partial charge in [0.05, 0.1) is 20.9 Å². The summed E-state index contributed by atoms with van der Waals surface area (Å²) in [5.74, 6) is -2.37. The zero-order valence-electron chi connectivity index (χ0n) is 16.0. The van der Waals surface area contributed by atoms with E-state index in [-0.39, 0.29) is 20.9 Å². The second-order valence-electron chi connectivity index (χ2n) is 6.28. The molecule has 9 nitrogen and oxygen atoms in total. The quantitative estimate of drug-likeness (QED) is 0.536. The molecule has 30 heavy (non-hydrogen) atoms. The Kier molecular flexibility index (Phi) is 7.11. The van der Waals surface area contributed by atoms with E-state index in [1.54, 1.807) is 0 Å². The Hall–Kier alpha value is -3.05. The number of esters is 2. The Morgan fingerprint density at radius 2 is 0.933 bits per heavy atom. The van der Waals surface area contributed by atoms with Gasteiger partial charge in [0.1, 0.15) is 0 Å². The predicted molar refractivity (Wildman–Crippen MR) is 105 cm³/mol. The van der Waals surface area contributed by atoms with Gasteiger partial charge in [-0.25, -0.2) is 26.4 Å². The molecule has 0 unspecified atom stereocenters. The molecule has 0 aliphatic carbocycles. The van der Waals surface area contributed by atoms with Crippen LogP contribution in [-0.4, -0.2) is 60.3 Å². The molecule has 2 aromatic rings. The maximum absolute atomic E-state index is 11.9. The number of carbonyl (C=O) groups is 3. The molecule has 2 rings (SSSR count). The van der Waals surface area contributed by atoms with Crippen molar-refractivity contribution >= 4 is 37.4 Å². The fourth-order valence-electron chi connectivity index (χ4n) is 2.18. The molecule has 160 valence electrons. The first-order valence-electron chi connectivity index (χ1n) is 8.34. The van der Waals surface area contributed by atoms with Gasteiger partial charge in [-0.15, -0.1) is 0 Å². The number of rotatable bonds is 8. The van der Waals surface area contributed by atoms with E-state index in [1.807, 2.05) is 0 Å². The molecule has 0 aliphatic rings. The summed E-state index contributed by atoms with van der Waals surface area (Å²) in [7, 11) is -6.81. The maximum Gasteiger partial charge on any atom is 0.338 e. The molecule has 0 bridgehead atoms. The van der Waals surface area contributed by atoms with Crippen LogP contribution < -0.4 is 0 Å². The third-order valence-corrected chi connectivity index (χ3v) is 6.02. The molecule has 0 saturated carbocycles. The number of carbonyl (C=O) groups excluding carboxylic acids is 3. The first kappa shape index (κ1) is 23.2. The van der Waals surface area contributed by atoms with Crippen LogP contribution in [0.5, 0.6) is 0 Å². The molecule has 0 heterocycles. The minimum atomic E-state index is -3.40. The number of sulfone groups is 2. The third-order valence-electron chi connectivity index (χ3n) is 3.76. The minimum absolute atomic E-state index is 0.0339. The second-order valence-corrected chi connectivity index (χ2v) is 10.3. The Balaban J connectivity index is 1.84. The molecule has 0 saturated heterocycles. The molecule has 0 spiro atoms. The lowest BCUT2D eigenvalue weighted by Gasteiger charge is -2.07. The van der Waals surface area contributed by atoms with Crippen molar-refractivity contribution in [3.63, 3.8) is 0 Å². The van der Waals surface area contributed by atoms with Crippen LogP contribution in [-0.2, 0) is 33.9 Å². The van der Waals surface area contributed by atoms with Crippen molar-refractivity contribution in [2.75, 3.05) is 25.7 Å². The fourth-order valence-corrected chi connectivity index (χ4v) is 3.44. The van der Waals surface area contributed by atoms with Crippen molar-refractivity contribution in [2.24, 2.45) is 0 Å². The molecule has 0 atom stereocenters. The number of ketones is 1. The molecule has 2 aromatic carbocycles. The van der Waals surface area contributed by atoms with Crippen LogP contribution in [0.4, 0.5) is 0 Å². The van der Waals surface area contributed by atoms with Gasteiger partial charge in [-0.05, 0) is 48.5 Å². The third kappa shape index (κ3) is 6.49. The van der Waals surface area contributed by atoms with Gasteiger partial charge in [-0.1, -0.05) is 0 Å². The highest BCUT2D eigenvalue weighted by Crippen LogP contribution is 2.12. The van der Waals surface area contributed by atoms with Crippen molar-refractivity contribution in [2.45, 2.75) is 9.79 Å². The van der Waals surface area contributed by atoms with Gasteiger partial charge in [0.2, 0.25) is 5.78 Å². The molecular weight excluding hydrogens is 436 g/mol. The van der Waals surface area contributed by atoms with E-state index < -0.39 is 50.6 Å². The standard InChI is InChI=1S/C19H18O9S2/c1-29(23,24)16-7-3-13(4-8-16)18(21)27-11-15(20)12-28-19(22)14-5-9-17(10-6-14)30(2,25)26/h3-10H,11-12H2,1-2H3. The summed E-state index contributed by atoms with van der Waals surface area (Å²) in [4.78, 5) is 35.6. The van der Waals surface area contributed by atoms with Crippen LogP contribution in [0.3, 0.4) is 0 Å². The molecule has 0 N–H and O–H groups in total. The van der Waals surface area contributed by atoms with Crippen molar-refractivity contribution in [3.8, 4) is 0 Å². The van der Waals surface area contributed by atoms with Crippen LogP contribution in [0.15, 0.2) is 58.3 Å². The van der Waals surface area contributed by atoms with E-state index >= 15 is 0 Å². The van der Waals surface area contributed by atoms with Gasteiger partial charge in [0.25, 0.3) is 0 Å². The fraction of sp³-hybridized carbons (Fsp3) is 0.211. The predicted octanol–water partition coefficient (Wildman–Crippen LogP) is 1.08. The van der Waals surface area contributed by atoms with Gasteiger partial charge in [0, 0.05) is 12.5 Å². The van der Waals surface area contributed by atoms with Crippen LogP contribution >= 0.6 is 0 Å². The summed E-state index contributed by atoms with van der Waals surface area (Å²) in [5.41, 5.74) is 0.108. The molecule has 11 heteroatoms. The van der Waals surface area contributed by atoms with Crippen molar-refractivity contribution in [1.29, 1.82) is 0 Å². The minimum Gasteiger partial charge on any atom is -0.454 e. The van der Waals surface area contributed by atoms with Gasteiger partial charge < -0.3 is 9.47 Å². The number of Topliss-reactive ketones (excluding diaryl/α,β-unsaturated/α-hetero) is 1. The first-order valence-corrected chi connectivity index (χ1v) is 12.1. The van der Waals surface area contributed by atoms with Crippen LogP contribution in [0.1, 0.15) is 20.7 Å². The smallest absolute Gasteiger partial charge is 0.338 e. The van der Waals surface area contributed by atoms with Crippen LogP contribution in [0.25, 0.3) is 0 Å². The Bertz CT molecular complexity index is 1070. The highest BCUT2D eigenvalue weighted by Gasteiger charge is 2.15. The highest BCUT2D eigenvalue weighted by atomic mass is 32.2. The molecule has 0 amide bonds. The topological polar surface area (TPSA) is 138 Å². The molecule has 0 radical (unpaired) electrons. The van der Waals surface area contributed by atoms with Crippen LogP contribution in [0, 0.1) is 0 Å². The SMILES string of the molecule is CS(=O)(=O)c1ccc(C(=O)OCC(=O)COC(=O)c2ccc(S(C)(=O)=O)cc2)cc1. The molecular formula is C19H18O9S2. The Morgan fingerprint density at radius 1 is 0.633 bits per heavy atom. The largest absolute Gasteiger partial charge is 0.454 e. The van der Waals surface area contributed by atoms with Crippen molar-refractivity contribution < 1.29 is 40.7 Å². The highest BCUT2D eigenvalue weighted by molar-refractivity contribution is 7.91. The number of hydrogen-bond acceptors (Lipinski definition) is 9. The Morgan fingerprint density at radius 3 is 1.20 bits per heavy atom. The summed E-state index contributed by atoms with van der Waals surface area (Å²) in [6.07, 6.45) is 2.06. The summed E-state index contributed by atoms with van der Waals surface area (Å²) in [6, 6.07) is 9.98. The van der Waals surface area contributed by atoms with E-state index in [0.29, 0.717) is 0 Å². The van der Waals surface area contributed by atoms with Crippen molar-refractivity contribution in [3.05, 3.63) is 59.7 Å². The molecule has 0 aromatic heterocycles. The van der Waals surface area contributed by atoms with Gasteiger partial charge in [0.15, 0.2) is 32.9 Å². The van der Waals surface area contributed by atoms with Gasteiger partial charge >= 0.3 is 11.9 Å². The summed E-state index contributed by atoms with van der Waals surface area (Å²) in [6.45, 7) is -1.29. The number of hydrogen-bond donors (Lipinski definition) is 0. The van der Waals surface area contributed by atoms with E-state index in [9.17, 15) is 31.2 Å². The second kappa shape index (κ2) is 9.18.